The quantitative estimate of drug-likeness (QED) is 0.683. The minimum Gasteiger partial charge on any atom is -0.295 e. The van der Waals surface area contributed by atoms with Gasteiger partial charge in [-0.05, 0) is 72.8 Å². The molecule has 116 valence electrons. The molecule has 0 amide bonds. The van der Waals surface area contributed by atoms with Gasteiger partial charge < -0.3 is 0 Å². The van der Waals surface area contributed by atoms with Crippen LogP contribution in [-0.2, 0) is 9.59 Å². The van der Waals surface area contributed by atoms with Crippen LogP contribution in [0.5, 0.6) is 0 Å². The molecule has 0 bridgehead atoms. The van der Waals surface area contributed by atoms with Crippen molar-refractivity contribution in [2.75, 3.05) is 0 Å². The topological polar surface area (TPSA) is 34.1 Å². The highest BCUT2D eigenvalue weighted by Crippen LogP contribution is 2.72. The fourth-order valence-electron chi connectivity index (χ4n) is 6.67. The van der Waals surface area contributed by atoms with E-state index in [1.54, 1.807) is 0 Å². The Morgan fingerprint density at radius 1 is 1.14 bits per heavy atom. The fourth-order valence-corrected chi connectivity index (χ4v) is 6.67. The van der Waals surface area contributed by atoms with Gasteiger partial charge in [0, 0.05) is 11.8 Å². The summed E-state index contributed by atoms with van der Waals surface area (Å²) in [6.07, 6.45) is 11.3. The van der Waals surface area contributed by atoms with Crippen molar-refractivity contribution in [2.45, 2.75) is 46.0 Å². The normalized spacial score (nSPS) is 55.0. The molecule has 0 aliphatic heterocycles. The molecule has 0 radical (unpaired) electrons. The maximum absolute atomic E-state index is 12.4. The van der Waals surface area contributed by atoms with Gasteiger partial charge in [-0.25, -0.2) is 0 Å². The van der Waals surface area contributed by atoms with Crippen molar-refractivity contribution in [3.05, 3.63) is 23.8 Å². The summed E-state index contributed by atoms with van der Waals surface area (Å²) in [6.45, 7) is 4.62. The number of carbonyl (C=O) groups is 2. The second-order valence-corrected chi connectivity index (χ2v) is 8.88. The molecule has 5 aliphatic carbocycles. The van der Waals surface area contributed by atoms with Crippen molar-refractivity contribution < 1.29 is 9.59 Å². The van der Waals surface area contributed by atoms with E-state index in [4.69, 9.17) is 0 Å². The molecule has 22 heavy (non-hydrogen) atoms. The third-order valence-electron chi connectivity index (χ3n) is 8.03. The van der Waals surface area contributed by atoms with Crippen LogP contribution in [0.2, 0.25) is 0 Å². The molecule has 3 saturated carbocycles. The predicted molar refractivity (Wildman–Crippen MR) is 84.0 cm³/mol. The summed E-state index contributed by atoms with van der Waals surface area (Å²) in [7, 11) is 0. The monoisotopic (exact) mass is 296 g/mol. The Labute approximate surface area is 132 Å². The van der Waals surface area contributed by atoms with Crippen LogP contribution in [-0.4, -0.2) is 11.6 Å². The number of ketones is 2. The van der Waals surface area contributed by atoms with Crippen LogP contribution in [0.4, 0.5) is 0 Å². The van der Waals surface area contributed by atoms with E-state index < -0.39 is 0 Å². The average Bonchev–Trinajstić information content (AvgIpc) is 3.22. The van der Waals surface area contributed by atoms with E-state index in [0.29, 0.717) is 35.2 Å². The van der Waals surface area contributed by atoms with Crippen molar-refractivity contribution >= 4 is 11.6 Å². The smallest absolute Gasteiger partial charge is 0.161 e. The third-order valence-corrected chi connectivity index (χ3v) is 8.03. The lowest BCUT2D eigenvalue weighted by atomic mass is 9.47. The summed E-state index contributed by atoms with van der Waals surface area (Å²) in [5, 5.41) is 0. The average molecular weight is 296 g/mol. The molecule has 0 N–H and O–H groups in total. The van der Waals surface area contributed by atoms with E-state index in [2.05, 4.69) is 19.9 Å². The van der Waals surface area contributed by atoms with Gasteiger partial charge in [0.15, 0.2) is 11.6 Å². The SMILES string of the molecule is CC12CCC3C(C1C=CC2=O)[C@H]1C[C@H]1C1=CC(=O)CCC13C. The van der Waals surface area contributed by atoms with Crippen molar-refractivity contribution in [3.8, 4) is 0 Å². The Hall–Kier alpha value is -1.18. The molecule has 0 saturated heterocycles. The third kappa shape index (κ3) is 1.38. The second-order valence-electron chi connectivity index (χ2n) is 8.88. The first kappa shape index (κ1) is 13.3. The lowest BCUT2D eigenvalue weighted by Gasteiger charge is -2.56. The first-order valence-electron chi connectivity index (χ1n) is 8.93. The molecule has 0 aromatic rings. The van der Waals surface area contributed by atoms with E-state index in [1.165, 1.54) is 12.0 Å². The molecule has 0 spiro atoms. The minimum atomic E-state index is -0.129. The Morgan fingerprint density at radius 2 is 1.95 bits per heavy atom. The molecule has 0 aromatic carbocycles. The zero-order valence-electron chi connectivity index (χ0n) is 13.5. The highest BCUT2D eigenvalue weighted by atomic mass is 16.1. The van der Waals surface area contributed by atoms with E-state index in [-0.39, 0.29) is 10.8 Å². The van der Waals surface area contributed by atoms with Gasteiger partial charge in [-0.3, -0.25) is 9.59 Å². The van der Waals surface area contributed by atoms with Gasteiger partial charge in [-0.2, -0.15) is 0 Å². The largest absolute Gasteiger partial charge is 0.295 e. The lowest BCUT2D eigenvalue weighted by Crippen LogP contribution is -2.51. The number of allylic oxidation sites excluding steroid dienone is 4. The lowest BCUT2D eigenvalue weighted by molar-refractivity contribution is -0.130. The molecule has 5 aliphatic rings. The van der Waals surface area contributed by atoms with Gasteiger partial charge in [0.1, 0.15) is 0 Å². The van der Waals surface area contributed by atoms with Gasteiger partial charge in [-0.15, -0.1) is 0 Å². The van der Waals surface area contributed by atoms with Gasteiger partial charge in [-0.1, -0.05) is 25.5 Å². The van der Waals surface area contributed by atoms with Crippen LogP contribution in [0.25, 0.3) is 0 Å². The van der Waals surface area contributed by atoms with E-state index in [9.17, 15) is 9.59 Å². The summed E-state index contributed by atoms with van der Waals surface area (Å²) >= 11 is 0. The van der Waals surface area contributed by atoms with Crippen molar-refractivity contribution in [1.82, 2.24) is 0 Å². The molecule has 7 atom stereocenters. The minimum absolute atomic E-state index is 0.129. The fraction of sp³-hybridized carbons (Fsp3) is 0.700. The first-order chi connectivity index (χ1) is 10.4. The number of hydrogen-bond acceptors (Lipinski definition) is 2. The standard InChI is InChI=1S/C20H24O2/c1-19-7-5-11(21)9-16(19)12-10-13(12)18-14-3-4-17(22)20(14,2)8-6-15(18)19/h3-4,9,12-15,18H,5-8,10H2,1-2H3/t12-,13+,14?,15?,18?,19?,20?/m1/s1. The van der Waals surface area contributed by atoms with Crippen molar-refractivity contribution in [3.63, 3.8) is 0 Å². The molecule has 0 aromatic heterocycles. The molecular weight excluding hydrogens is 272 g/mol. The van der Waals surface area contributed by atoms with Crippen molar-refractivity contribution in [1.29, 1.82) is 0 Å². The summed E-state index contributed by atoms with van der Waals surface area (Å²) in [5.41, 5.74) is 1.57. The second kappa shape index (κ2) is 3.83. The van der Waals surface area contributed by atoms with E-state index >= 15 is 0 Å². The van der Waals surface area contributed by atoms with Gasteiger partial charge in [0.25, 0.3) is 0 Å². The van der Waals surface area contributed by atoms with Crippen LogP contribution in [0.1, 0.15) is 46.0 Å². The molecule has 5 unspecified atom stereocenters. The molecule has 2 nitrogen and oxygen atoms in total. The zero-order chi connectivity index (χ0) is 15.3. The maximum atomic E-state index is 12.4. The molecule has 5 rings (SSSR count). The predicted octanol–water partition coefficient (Wildman–Crippen LogP) is 3.72. The molecule has 0 heterocycles. The number of hydrogen-bond donors (Lipinski definition) is 0. The number of fused-ring (bicyclic) bond motifs is 8. The van der Waals surface area contributed by atoms with Crippen molar-refractivity contribution in [2.24, 2.45) is 40.4 Å². The first-order valence-corrected chi connectivity index (χ1v) is 8.93. The van der Waals surface area contributed by atoms with Crippen LogP contribution >= 0.6 is 0 Å². The summed E-state index contributed by atoms with van der Waals surface area (Å²) in [4.78, 5) is 24.3. The van der Waals surface area contributed by atoms with E-state index in [1.807, 2.05) is 12.2 Å². The Morgan fingerprint density at radius 3 is 2.77 bits per heavy atom. The number of carbonyl (C=O) groups excluding carboxylic acids is 2. The van der Waals surface area contributed by atoms with Crippen LogP contribution in [0.3, 0.4) is 0 Å². The molecular formula is C20H24O2. The van der Waals surface area contributed by atoms with Crippen LogP contribution in [0.15, 0.2) is 23.8 Å². The highest BCUT2D eigenvalue weighted by molar-refractivity contribution is 5.97. The molecule has 2 heteroatoms. The summed E-state index contributed by atoms with van der Waals surface area (Å²) in [6, 6.07) is 0. The Bertz CT molecular complexity index is 657. The van der Waals surface area contributed by atoms with Gasteiger partial charge in [0.2, 0.25) is 0 Å². The molecule has 3 fully saturated rings. The Balaban J connectivity index is 1.61. The van der Waals surface area contributed by atoms with Gasteiger partial charge in [0.05, 0.1) is 0 Å². The van der Waals surface area contributed by atoms with Crippen LogP contribution < -0.4 is 0 Å². The summed E-state index contributed by atoms with van der Waals surface area (Å²) in [5.74, 6) is 3.86. The highest BCUT2D eigenvalue weighted by Gasteiger charge is 2.66. The maximum Gasteiger partial charge on any atom is 0.161 e. The Kier molecular flexibility index (Phi) is 2.31. The van der Waals surface area contributed by atoms with Crippen LogP contribution in [0, 0.1) is 40.4 Å². The van der Waals surface area contributed by atoms with E-state index in [0.717, 1.165) is 31.6 Å². The summed E-state index contributed by atoms with van der Waals surface area (Å²) < 4.78 is 0. The zero-order valence-corrected chi connectivity index (χ0v) is 13.5. The number of rotatable bonds is 0. The van der Waals surface area contributed by atoms with Gasteiger partial charge >= 0.3 is 0 Å².